The average molecular weight is 293 g/mol. The molecule has 3 heteroatoms. The van der Waals surface area contributed by atoms with Crippen LogP contribution in [0, 0.1) is 0 Å². The lowest BCUT2D eigenvalue weighted by Gasteiger charge is -2.23. The number of H-pyrrole nitrogens is 1. The number of hydrogen-bond donors (Lipinski definition) is 2. The van der Waals surface area contributed by atoms with Crippen LogP contribution in [0.2, 0.25) is 0 Å². The normalized spacial score (nSPS) is 20.9. The van der Waals surface area contributed by atoms with Gasteiger partial charge in [0.25, 0.3) is 0 Å². The molecule has 1 aromatic heterocycles. The van der Waals surface area contributed by atoms with Gasteiger partial charge in [-0.05, 0) is 43.5 Å². The molecule has 2 nitrogen and oxygen atoms in total. The molecule has 1 aliphatic heterocycles. The number of fused-ring (bicyclic) bond motifs is 1. The number of aromatic nitrogens is 1. The van der Waals surface area contributed by atoms with E-state index in [0.29, 0.717) is 6.04 Å². The van der Waals surface area contributed by atoms with Crippen LogP contribution in [0.1, 0.15) is 24.8 Å². The quantitative estimate of drug-likeness (QED) is 0.869. The molecule has 1 aromatic carbocycles. The summed E-state index contributed by atoms with van der Waals surface area (Å²) in [6.45, 7) is 1.18. The number of aromatic amines is 1. The van der Waals surface area contributed by atoms with E-state index in [9.17, 15) is 0 Å². The zero-order valence-electron chi connectivity index (χ0n) is 9.80. The van der Waals surface area contributed by atoms with Gasteiger partial charge in [0, 0.05) is 27.6 Å². The molecule has 1 aliphatic rings. The van der Waals surface area contributed by atoms with Crippen LogP contribution in [-0.2, 0) is 6.42 Å². The Morgan fingerprint density at radius 2 is 2.24 bits per heavy atom. The maximum Gasteiger partial charge on any atom is 0.0468 e. The number of benzene rings is 1. The van der Waals surface area contributed by atoms with Gasteiger partial charge in [0.2, 0.25) is 0 Å². The minimum absolute atomic E-state index is 0.659. The van der Waals surface area contributed by atoms with Gasteiger partial charge in [0.15, 0.2) is 0 Å². The second-order valence-corrected chi connectivity index (χ2v) is 5.77. The van der Waals surface area contributed by atoms with Gasteiger partial charge < -0.3 is 10.3 Å². The predicted molar refractivity (Wildman–Crippen MR) is 75.3 cm³/mol. The largest absolute Gasteiger partial charge is 0.361 e. The van der Waals surface area contributed by atoms with Crippen LogP contribution in [0.15, 0.2) is 28.9 Å². The molecule has 90 valence electrons. The molecule has 1 unspecified atom stereocenters. The van der Waals surface area contributed by atoms with Gasteiger partial charge in [-0.15, -0.1) is 0 Å². The fourth-order valence-electron chi connectivity index (χ4n) is 2.69. The van der Waals surface area contributed by atoms with Crippen LogP contribution >= 0.6 is 15.9 Å². The van der Waals surface area contributed by atoms with Gasteiger partial charge in [0.1, 0.15) is 0 Å². The molecule has 0 saturated carbocycles. The molecule has 2 N–H and O–H groups in total. The molecule has 3 rings (SSSR count). The van der Waals surface area contributed by atoms with Crippen molar-refractivity contribution < 1.29 is 0 Å². The summed E-state index contributed by atoms with van der Waals surface area (Å²) in [6.07, 6.45) is 7.31. The van der Waals surface area contributed by atoms with Crippen molar-refractivity contribution in [3.8, 4) is 0 Å². The maximum absolute atomic E-state index is 3.61. The summed E-state index contributed by atoms with van der Waals surface area (Å²) in [6, 6.07) is 7.13. The zero-order chi connectivity index (χ0) is 11.7. The molecule has 17 heavy (non-hydrogen) atoms. The Hall–Kier alpha value is -0.800. The third-order valence-corrected chi connectivity index (χ3v) is 4.10. The van der Waals surface area contributed by atoms with Crippen molar-refractivity contribution in [2.45, 2.75) is 31.7 Å². The van der Waals surface area contributed by atoms with Crippen molar-refractivity contribution >= 4 is 26.8 Å². The topological polar surface area (TPSA) is 27.8 Å². The lowest BCUT2D eigenvalue weighted by atomic mass is 9.97. The van der Waals surface area contributed by atoms with Crippen LogP contribution in [0.3, 0.4) is 0 Å². The summed E-state index contributed by atoms with van der Waals surface area (Å²) in [5.41, 5.74) is 2.66. The first kappa shape index (κ1) is 11.3. The van der Waals surface area contributed by atoms with E-state index in [2.05, 4.69) is 50.6 Å². The van der Waals surface area contributed by atoms with Crippen molar-refractivity contribution in [3.05, 3.63) is 34.4 Å². The van der Waals surface area contributed by atoms with E-state index in [-0.39, 0.29) is 0 Å². The number of piperidine rings is 1. The highest BCUT2D eigenvalue weighted by molar-refractivity contribution is 9.10. The third kappa shape index (κ3) is 2.40. The maximum atomic E-state index is 3.61. The average Bonchev–Trinajstić information content (AvgIpc) is 2.73. The molecule has 0 spiro atoms. The fraction of sp³-hybridized carbons (Fsp3) is 0.429. The SMILES string of the molecule is Brc1ccc2c(CC3CCCCN3)c[nH]c2c1. The van der Waals surface area contributed by atoms with E-state index in [4.69, 9.17) is 0 Å². The Morgan fingerprint density at radius 3 is 3.06 bits per heavy atom. The van der Waals surface area contributed by atoms with Crippen molar-refractivity contribution in [2.75, 3.05) is 6.54 Å². The van der Waals surface area contributed by atoms with Crippen molar-refractivity contribution in [3.63, 3.8) is 0 Å². The van der Waals surface area contributed by atoms with Crippen molar-refractivity contribution in [1.29, 1.82) is 0 Å². The molecule has 1 atom stereocenters. The van der Waals surface area contributed by atoms with Crippen LogP contribution < -0.4 is 5.32 Å². The van der Waals surface area contributed by atoms with Gasteiger partial charge in [-0.2, -0.15) is 0 Å². The number of nitrogens with one attached hydrogen (secondary N) is 2. The summed E-state index contributed by atoms with van der Waals surface area (Å²) in [5, 5.41) is 4.97. The number of rotatable bonds is 2. The Balaban J connectivity index is 1.84. The summed E-state index contributed by atoms with van der Waals surface area (Å²) in [7, 11) is 0. The molecular formula is C14H17BrN2. The van der Waals surface area contributed by atoms with Crippen LogP contribution in [0.25, 0.3) is 10.9 Å². The highest BCUT2D eigenvalue weighted by atomic mass is 79.9. The highest BCUT2D eigenvalue weighted by Gasteiger charge is 2.14. The van der Waals surface area contributed by atoms with E-state index < -0.39 is 0 Å². The van der Waals surface area contributed by atoms with E-state index >= 15 is 0 Å². The lowest BCUT2D eigenvalue weighted by Crippen LogP contribution is -2.35. The van der Waals surface area contributed by atoms with E-state index in [1.165, 1.54) is 42.3 Å². The lowest BCUT2D eigenvalue weighted by molar-refractivity contribution is 0.400. The minimum atomic E-state index is 0.659. The standard InChI is InChI=1S/C14H17BrN2/c15-11-4-5-13-10(9-17-14(13)8-11)7-12-3-1-2-6-16-12/h4-5,8-9,12,16-17H,1-3,6-7H2. The fourth-order valence-corrected chi connectivity index (χ4v) is 3.05. The molecular weight excluding hydrogens is 276 g/mol. The third-order valence-electron chi connectivity index (χ3n) is 3.61. The first-order valence-corrected chi connectivity index (χ1v) is 7.11. The minimum Gasteiger partial charge on any atom is -0.361 e. The molecule has 0 radical (unpaired) electrons. The number of halogens is 1. The van der Waals surface area contributed by atoms with E-state index in [1.54, 1.807) is 0 Å². The van der Waals surface area contributed by atoms with Crippen LogP contribution in [0.5, 0.6) is 0 Å². The molecule has 0 amide bonds. The second-order valence-electron chi connectivity index (χ2n) is 4.85. The summed E-state index contributed by atoms with van der Waals surface area (Å²) in [5.74, 6) is 0. The smallest absolute Gasteiger partial charge is 0.0468 e. The van der Waals surface area contributed by atoms with Crippen LogP contribution in [-0.4, -0.2) is 17.6 Å². The summed E-state index contributed by atoms with van der Waals surface area (Å²) < 4.78 is 1.13. The Bertz CT molecular complexity index is 512. The summed E-state index contributed by atoms with van der Waals surface area (Å²) >= 11 is 3.51. The van der Waals surface area contributed by atoms with E-state index in [1.807, 2.05) is 0 Å². The Labute approximate surface area is 110 Å². The van der Waals surface area contributed by atoms with Crippen LogP contribution in [0.4, 0.5) is 0 Å². The van der Waals surface area contributed by atoms with E-state index in [0.717, 1.165) is 10.9 Å². The zero-order valence-corrected chi connectivity index (χ0v) is 11.4. The van der Waals surface area contributed by atoms with Gasteiger partial charge >= 0.3 is 0 Å². The van der Waals surface area contributed by atoms with Gasteiger partial charge in [-0.1, -0.05) is 28.4 Å². The van der Waals surface area contributed by atoms with Crippen molar-refractivity contribution in [2.24, 2.45) is 0 Å². The first-order chi connectivity index (χ1) is 8.33. The second kappa shape index (κ2) is 4.83. The monoisotopic (exact) mass is 292 g/mol. The molecule has 1 fully saturated rings. The first-order valence-electron chi connectivity index (χ1n) is 6.32. The van der Waals surface area contributed by atoms with Gasteiger partial charge in [-0.3, -0.25) is 0 Å². The van der Waals surface area contributed by atoms with Crippen molar-refractivity contribution in [1.82, 2.24) is 10.3 Å². The Kier molecular flexibility index (Phi) is 3.21. The molecule has 1 saturated heterocycles. The molecule has 2 heterocycles. The number of hydrogen-bond acceptors (Lipinski definition) is 1. The van der Waals surface area contributed by atoms with Gasteiger partial charge in [0.05, 0.1) is 0 Å². The van der Waals surface area contributed by atoms with Gasteiger partial charge in [-0.25, -0.2) is 0 Å². The highest BCUT2D eigenvalue weighted by Crippen LogP contribution is 2.24. The molecule has 0 bridgehead atoms. The Morgan fingerprint density at radius 1 is 1.29 bits per heavy atom. The predicted octanol–water partition coefficient (Wildman–Crippen LogP) is 3.62. The summed E-state index contributed by atoms with van der Waals surface area (Å²) in [4.78, 5) is 3.36. The molecule has 2 aromatic rings. The molecule has 0 aliphatic carbocycles.